The number of halogens is 4. The van der Waals surface area contributed by atoms with Crippen LogP contribution in [0, 0.1) is 11.6 Å². The van der Waals surface area contributed by atoms with Gasteiger partial charge in [0.2, 0.25) is 0 Å². The van der Waals surface area contributed by atoms with Gasteiger partial charge in [0.05, 0.1) is 13.1 Å². The van der Waals surface area contributed by atoms with Crippen molar-refractivity contribution in [3.8, 4) is 11.4 Å². The first-order valence-corrected chi connectivity index (χ1v) is 7.25. The number of rotatable bonds is 1. The van der Waals surface area contributed by atoms with Crippen molar-refractivity contribution in [2.75, 3.05) is 0 Å². The molecule has 0 bridgehead atoms. The van der Waals surface area contributed by atoms with Crippen molar-refractivity contribution in [3.05, 3.63) is 37.4 Å². The molecular weight excluding hydrogens is 390 g/mol. The van der Waals surface area contributed by atoms with E-state index < -0.39 is 11.6 Å². The van der Waals surface area contributed by atoms with Crippen molar-refractivity contribution in [2.45, 2.75) is 0 Å². The van der Waals surface area contributed by atoms with Gasteiger partial charge in [-0.3, -0.25) is 0 Å². The summed E-state index contributed by atoms with van der Waals surface area (Å²) in [6.07, 6.45) is 0. The maximum Gasteiger partial charge on any atom is 0.186 e. The molecule has 92 valence electrons. The molecule has 1 aromatic carbocycles. The third kappa shape index (κ3) is 1.90. The summed E-state index contributed by atoms with van der Waals surface area (Å²) >= 11 is 8.25. The van der Waals surface area contributed by atoms with Gasteiger partial charge in [-0.25, -0.2) is 13.8 Å². The van der Waals surface area contributed by atoms with Crippen LogP contribution in [0.25, 0.3) is 22.4 Å². The van der Waals surface area contributed by atoms with Crippen molar-refractivity contribution in [3.63, 3.8) is 0 Å². The second kappa shape index (κ2) is 4.40. The lowest BCUT2D eigenvalue weighted by Crippen LogP contribution is -1.84. The molecule has 2 heterocycles. The molecule has 7 heteroatoms. The Labute approximate surface area is 121 Å². The fourth-order valence-corrected chi connectivity index (χ4v) is 4.45. The zero-order valence-corrected chi connectivity index (χ0v) is 12.6. The van der Waals surface area contributed by atoms with Crippen LogP contribution in [-0.4, -0.2) is 9.97 Å². The average molecular weight is 394 g/mol. The Balaban J connectivity index is 2.26. The molecule has 0 aliphatic rings. The Morgan fingerprint density at radius 3 is 2.67 bits per heavy atom. The van der Waals surface area contributed by atoms with E-state index in [9.17, 15) is 8.78 Å². The highest BCUT2D eigenvalue weighted by molar-refractivity contribution is 9.12. The standard InChI is InChI=1S/C11H4Br2F2N2S/c12-7-3-4(10(13)18-7)11-16-6-2-1-5(14)8(15)9(6)17-11/h1-3H,(H,16,17). The average Bonchev–Trinajstić information content (AvgIpc) is 2.87. The largest absolute Gasteiger partial charge is 0.338 e. The summed E-state index contributed by atoms with van der Waals surface area (Å²) in [7, 11) is 0. The van der Waals surface area contributed by atoms with Gasteiger partial charge in [0.1, 0.15) is 11.3 Å². The smallest absolute Gasteiger partial charge is 0.186 e. The highest BCUT2D eigenvalue weighted by atomic mass is 79.9. The van der Waals surface area contributed by atoms with E-state index in [0.29, 0.717) is 11.3 Å². The number of imidazole rings is 1. The van der Waals surface area contributed by atoms with E-state index in [1.165, 1.54) is 17.4 Å². The SMILES string of the molecule is Fc1ccc2[nH]c(-c3cc(Br)sc3Br)nc2c1F. The molecule has 2 nitrogen and oxygen atoms in total. The van der Waals surface area contributed by atoms with Crippen LogP contribution in [-0.2, 0) is 0 Å². The highest BCUT2D eigenvalue weighted by Crippen LogP contribution is 2.38. The number of nitrogens with zero attached hydrogens (tertiary/aromatic N) is 1. The van der Waals surface area contributed by atoms with E-state index in [0.717, 1.165) is 19.2 Å². The van der Waals surface area contributed by atoms with Gasteiger partial charge in [-0.15, -0.1) is 11.3 Å². The Hall–Kier alpha value is -0.790. The van der Waals surface area contributed by atoms with Crippen molar-refractivity contribution in [1.29, 1.82) is 0 Å². The molecular formula is C11H4Br2F2N2S. The number of fused-ring (bicyclic) bond motifs is 1. The Morgan fingerprint density at radius 2 is 2.00 bits per heavy atom. The van der Waals surface area contributed by atoms with E-state index in [2.05, 4.69) is 41.8 Å². The third-order valence-corrected chi connectivity index (χ3v) is 4.80. The van der Waals surface area contributed by atoms with Crippen molar-refractivity contribution in [2.24, 2.45) is 0 Å². The van der Waals surface area contributed by atoms with E-state index in [1.54, 1.807) is 0 Å². The van der Waals surface area contributed by atoms with Crippen LogP contribution in [0.5, 0.6) is 0 Å². The molecule has 3 rings (SSSR count). The van der Waals surface area contributed by atoms with Gasteiger partial charge in [0.15, 0.2) is 11.6 Å². The summed E-state index contributed by atoms with van der Waals surface area (Å²) in [4.78, 5) is 7.07. The molecule has 2 aromatic heterocycles. The van der Waals surface area contributed by atoms with Crippen molar-refractivity contribution >= 4 is 54.2 Å². The number of hydrogen-bond donors (Lipinski definition) is 1. The molecule has 0 saturated heterocycles. The molecule has 0 fully saturated rings. The van der Waals surface area contributed by atoms with Crippen molar-refractivity contribution < 1.29 is 8.78 Å². The molecule has 0 atom stereocenters. The molecule has 1 N–H and O–H groups in total. The maximum atomic E-state index is 13.6. The number of H-pyrrole nitrogens is 1. The summed E-state index contributed by atoms with van der Waals surface area (Å²) < 4.78 is 28.5. The predicted molar refractivity (Wildman–Crippen MR) is 74.7 cm³/mol. The van der Waals surface area contributed by atoms with Crippen LogP contribution in [0.15, 0.2) is 25.8 Å². The Kier molecular flexibility index (Phi) is 2.99. The van der Waals surface area contributed by atoms with Crippen LogP contribution < -0.4 is 0 Å². The highest BCUT2D eigenvalue weighted by Gasteiger charge is 2.15. The minimum absolute atomic E-state index is 0.0132. The molecule has 0 radical (unpaired) electrons. The monoisotopic (exact) mass is 392 g/mol. The molecule has 0 spiro atoms. The maximum absolute atomic E-state index is 13.6. The van der Waals surface area contributed by atoms with Gasteiger partial charge in [-0.05, 0) is 50.1 Å². The molecule has 18 heavy (non-hydrogen) atoms. The van der Waals surface area contributed by atoms with Gasteiger partial charge < -0.3 is 4.98 Å². The number of nitrogens with one attached hydrogen (secondary N) is 1. The molecule has 0 aliphatic heterocycles. The fourth-order valence-electron chi connectivity index (χ4n) is 1.65. The van der Waals surface area contributed by atoms with Gasteiger partial charge in [-0.1, -0.05) is 0 Å². The molecule has 0 unspecified atom stereocenters. The van der Waals surface area contributed by atoms with Crippen molar-refractivity contribution in [1.82, 2.24) is 9.97 Å². The normalized spacial score (nSPS) is 11.3. The lowest BCUT2D eigenvalue weighted by atomic mass is 10.3. The van der Waals surface area contributed by atoms with E-state index in [1.807, 2.05) is 6.07 Å². The zero-order valence-electron chi connectivity index (χ0n) is 8.60. The number of aromatic nitrogens is 2. The summed E-state index contributed by atoms with van der Waals surface area (Å²) in [5, 5.41) is 0. The topological polar surface area (TPSA) is 28.7 Å². The summed E-state index contributed by atoms with van der Waals surface area (Å²) in [6.45, 7) is 0. The van der Waals surface area contributed by atoms with Gasteiger partial charge >= 0.3 is 0 Å². The first-order valence-electron chi connectivity index (χ1n) is 4.85. The van der Waals surface area contributed by atoms with Gasteiger partial charge in [0.25, 0.3) is 0 Å². The lowest BCUT2D eigenvalue weighted by Gasteiger charge is -1.91. The lowest BCUT2D eigenvalue weighted by molar-refractivity contribution is 0.515. The van der Waals surface area contributed by atoms with Crippen LogP contribution in [0.1, 0.15) is 0 Å². The summed E-state index contributed by atoms with van der Waals surface area (Å²) in [5.41, 5.74) is 1.29. The predicted octanol–water partition coefficient (Wildman–Crippen LogP) is 5.09. The number of thiophene rings is 1. The van der Waals surface area contributed by atoms with Crippen LogP contribution in [0.4, 0.5) is 8.78 Å². The number of aromatic amines is 1. The summed E-state index contributed by atoms with van der Waals surface area (Å²) in [6, 6.07) is 4.42. The Bertz CT molecular complexity index is 751. The van der Waals surface area contributed by atoms with E-state index in [-0.39, 0.29) is 5.52 Å². The molecule has 0 aliphatic carbocycles. The first-order chi connectivity index (χ1) is 8.56. The third-order valence-electron chi connectivity index (χ3n) is 2.46. The quantitative estimate of drug-likeness (QED) is 0.612. The molecule has 0 amide bonds. The second-order valence-electron chi connectivity index (χ2n) is 3.58. The second-order valence-corrected chi connectivity index (χ2v) is 7.33. The number of benzene rings is 1. The first kappa shape index (κ1) is 12.3. The zero-order chi connectivity index (χ0) is 12.9. The van der Waals surface area contributed by atoms with Gasteiger partial charge in [-0.2, -0.15) is 0 Å². The van der Waals surface area contributed by atoms with E-state index in [4.69, 9.17) is 0 Å². The van der Waals surface area contributed by atoms with Crippen LogP contribution in [0.2, 0.25) is 0 Å². The van der Waals surface area contributed by atoms with Crippen LogP contribution in [0.3, 0.4) is 0 Å². The minimum atomic E-state index is -0.930. The molecule has 0 saturated carbocycles. The van der Waals surface area contributed by atoms with Crippen LogP contribution >= 0.6 is 43.2 Å². The summed E-state index contributed by atoms with van der Waals surface area (Å²) in [5.74, 6) is -1.32. The Morgan fingerprint density at radius 1 is 1.22 bits per heavy atom. The van der Waals surface area contributed by atoms with Gasteiger partial charge in [0, 0.05) is 5.56 Å². The fraction of sp³-hybridized carbons (Fsp3) is 0. The van der Waals surface area contributed by atoms with E-state index >= 15 is 0 Å². The molecule has 3 aromatic rings. The number of hydrogen-bond acceptors (Lipinski definition) is 2. The minimum Gasteiger partial charge on any atom is -0.338 e.